The Labute approximate surface area is 85.1 Å². The Morgan fingerprint density at radius 1 is 1.36 bits per heavy atom. The zero-order valence-electron chi connectivity index (χ0n) is 8.90. The lowest BCUT2D eigenvalue weighted by Gasteiger charge is -2.30. The molecule has 1 fully saturated rings. The average Bonchev–Trinajstić information content (AvgIpc) is 2.12. The third-order valence-corrected chi connectivity index (χ3v) is 2.93. The Kier molecular flexibility index (Phi) is 2.66. The van der Waals surface area contributed by atoms with Crippen molar-refractivity contribution in [2.75, 3.05) is 18.5 Å². The number of rotatable bonds is 3. The highest BCUT2D eigenvalue weighted by Crippen LogP contribution is 2.27. The Hall–Kier alpha value is -1.12. The minimum absolute atomic E-state index is 0.878. The molecule has 76 valence electrons. The van der Waals surface area contributed by atoms with Crippen LogP contribution >= 0.6 is 0 Å². The van der Waals surface area contributed by atoms with Gasteiger partial charge in [-0.1, -0.05) is 6.42 Å². The van der Waals surface area contributed by atoms with E-state index in [9.17, 15) is 0 Å². The van der Waals surface area contributed by atoms with Crippen molar-refractivity contribution in [2.24, 2.45) is 5.92 Å². The molecule has 14 heavy (non-hydrogen) atoms. The van der Waals surface area contributed by atoms with Crippen LogP contribution in [-0.2, 0) is 0 Å². The highest BCUT2D eigenvalue weighted by atomic mass is 15.2. The molecule has 3 nitrogen and oxygen atoms in total. The maximum Gasteiger partial charge on any atom is 0.150 e. The maximum atomic E-state index is 4.17. The summed E-state index contributed by atoms with van der Waals surface area (Å²) >= 11 is 0. The molecular weight excluding hydrogens is 174 g/mol. The van der Waals surface area contributed by atoms with E-state index < -0.39 is 0 Å². The molecule has 0 N–H and O–H groups in total. The first-order chi connectivity index (χ1) is 6.75. The van der Waals surface area contributed by atoms with Crippen LogP contribution in [0, 0.1) is 12.8 Å². The second kappa shape index (κ2) is 3.95. The zero-order valence-corrected chi connectivity index (χ0v) is 8.90. The van der Waals surface area contributed by atoms with Crippen molar-refractivity contribution in [1.82, 2.24) is 10.2 Å². The van der Waals surface area contributed by atoms with Crippen molar-refractivity contribution in [3.05, 3.63) is 17.8 Å². The summed E-state index contributed by atoms with van der Waals surface area (Å²) in [5.41, 5.74) is 0.978. The van der Waals surface area contributed by atoms with Gasteiger partial charge in [0.25, 0.3) is 0 Å². The molecule has 0 unspecified atom stereocenters. The highest BCUT2D eigenvalue weighted by Gasteiger charge is 2.19. The molecule has 0 atom stereocenters. The van der Waals surface area contributed by atoms with Crippen LogP contribution in [0.5, 0.6) is 0 Å². The van der Waals surface area contributed by atoms with Gasteiger partial charge in [0.1, 0.15) is 0 Å². The van der Waals surface area contributed by atoms with Crippen LogP contribution in [0.3, 0.4) is 0 Å². The summed E-state index contributed by atoms with van der Waals surface area (Å²) in [5, 5.41) is 8.23. The first-order valence-electron chi connectivity index (χ1n) is 5.27. The second-order valence-corrected chi connectivity index (χ2v) is 4.21. The minimum atomic E-state index is 0.878. The Balaban J connectivity index is 1.95. The van der Waals surface area contributed by atoms with E-state index in [1.54, 1.807) is 0 Å². The molecule has 1 heterocycles. The van der Waals surface area contributed by atoms with E-state index in [1.807, 2.05) is 19.1 Å². The average molecular weight is 191 g/mol. The van der Waals surface area contributed by atoms with Gasteiger partial charge in [0.2, 0.25) is 0 Å². The van der Waals surface area contributed by atoms with Gasteiger partial charge in [0.05, 0.1) is 5.69 Å². The number of anilines is 1. The number of aryl methyl sites for hydroxylation is 1. The molecule has 0 aliphatic heterocycles. The third kappa shape index (κ3) is 2.03. The second-order valence-electron chi connectivity index (χ2n) is 4.21. The van der Waals surface area contributed by atoms with Gasteiger partial charge in [0, 0.05) is 13.6 Å². The molecule has 2 rings (SSSR count). The lowest BCUT2D eigenvalue weighted by atomic mass is 9.85. The standard InChI is InChI=1S/C11H17N3/c1-9-6-7-11(13-12-9)14(2)8-10-4-3-5-10/h6-7,10H,3-5,8H2,1-2H3. The van der Waals surface area contributed by atoms with E-state index in [1.165, 1.54) is 19.3 Å². The summed E-state index contributed by atoms with van der Waals surface area (Å²) in [5.74, 6) is 1.87. The molecular formula is C11H17N3. The van der Waals surface area contributed by atoms with Crippen LogP contribution in [0.4, 0.5) is 5.82 Å². The van der Waals surface area contributed by atoms with Gasteiger partial charge in [-0.05, 0) is 37.8 Å². The molecule has 0 radical (unpaired) electrons. The van der Waals surface area contributed by atoms with Crippen LogP contribution in [0.2, 0.25) is 0 Å². The summed E-state index contributed by atoms with van der Waals surface area (Å²) in [6, 6.07) is 4.06. The molecule has 1 aliphatic carbocycles. The Morgan fingerprint density at radius 2 is 2.14 bits per heavy atom. The van der Waals surface area contributed by atoms with E-state index in [-0.39, 0.29) is 0 Å². The number of aromatic nitrogens is 2. The maximum absolute atomic E-state index is 4.17. The van der Waals surface area contributed by atoms with Gasteiger partial charge in [-0.2, -0.15) is 5.10 Å². The predicted octanol–water partition coefficient (Wildman–Crippen LogP) is 2.02. The molecule has 0 saturated heterocycles. The third-order valence-electron chi connectivity index (χ3n) is 2.93. The zero-order chi connectivity index (χ0) is 9.97. The van der Waals surface area contributed by atoms with E-state index in [2.05, 4.69) is 22.1 Å². The fourth-order valence-corrected chi connectivity index (χ4v) is 1.75. The quantitative estimate of drug-likeness (QED) is 0.732. The summed E-state index contributed by atoms with van der Waals surface area (Å²) in [4.78, 5) is 2.20. The lowest BCUT2D eigenvalue weighted by Crippen LogP contribution is -2.29. The van der Waals surface area contributed by atoms with Crippen LogP contribution in [0.1, 0.15) is 25.0 Å². The predicted molar refractivity (Wildman–Crippen MR) is 57.4 cm³/mol. The Morgan fingerprint density at radius 3 is 2.64 bits per heavy atom. The minimum Gasteiger partial charge on any atom is -0.358 e. The normalized spacial score (nSPS) is 16.4. The van der Waals surface area contributed by atoms with Crippen molar-refractivity contribution in [3.8, 4) is 0 Å². The first-order valence-corrected chi connectivity index (χ1v) is 5.27. The molecule has 1 aliphatic rings. The summed E-state index contributed by atoms with van der Waals surface area (Å²) in [7, 11) is 2.09. The summed E-state index contributed by atoms with van der Waals surface area (Å²) < 4.78 is 0. The number of nitrogens with zero attached hydrogens (tertiary/aromatic N) is 3. The van der Waals surface area contributed by atoms with E-state index in [4.69, 9.17) is 0 Å². The molecule has 3 heteroatoms. The first kappa shape index (κ1) is 9.44. The smallest absolute Gasteiger partial charge is 0.150 e. The molecule has 1 saturated carbocycles. The fraction of sp³-hybridized carbons (Fsp3) is 0.636. The van der Waals surface area contributed by atoms with E-state index in [0.717, 1.165) is 24.0 Å². The molecule has 0 bridgehead atoms. The van der Waals surface area contributed by atoms with Crippen LogP contribution in [-0.4, -0.2) is 23.8 Å². The van der Waals surface area contributed by atoms with Gasteiger partial charge >= 0.3 is 0 Å². The van der Waals surface area contributed by atoms with Crippen molar-refractivity contribution < 1.29 is 0 Å². The largest absolute Gasteiger partial charge is 0.358 e. The monoisotopic (exact) mass is 191 g/mol. The van der Waals surface area contributed by atoms with E-state index >= 15 is 0 Å². The van der Waals surface area contributed by atoms with Gasteiger partial charge in [0.15, 0.2) is 5.82 Å². The van der Waals surface area contributed by atoms with Gasteiger partial charge in [-0.15, -0.1) is 5.10 Å². The van der Waals surface area contributed by atoms with Gasteiger partial charge in [-0.25, -0.2) is 0 Å². The molecule has 0 amide bonds. The summed E-state index contributed by atoms with van der Waals surface area (Å²) in [6.45, 7) is 3.08. The molecule has 0 aromatic carbocycles. The lowest BCUT2D eigenvalue weighted by molar-refractivity contribution is 0.321. The SMILES string of the molecule is Cc1ccc(N(C)CC2CCC2)nn1. The Bertz CT molecular complexity index is 290. The molecule has 1 aromatic heterocycles. The summed E-state index contributed by atoms with van der Waals surface area (Å²) in [6.07, 6.45) is 4.16. The topological polar surface area (TPSA) is 29.0 Å². The van der Waals surface area contributed by atoms with Crippen LogP contribution < -0.4 is 4.90 Å². The van der Waals surface area contributed by atoms with Crippen molar-refractivity contribution in [2.45, 2.75) is 26.2 Å². The van der Waals surface area contributed by atoms with Crippen molar-refractivity contribution in [1.29, 1.82) is 0 Å². The van der Waals surface area contributed by atoms with Crippen LogP contribution in [0.25, 0.3) is 0 Å². The highest BCUT2D eigenvalue weighted by molar-refractivity contribution is 5.36. The van der Waals surface area contributed by atoms with Gasteiger partial charge in [-0.3, -0.25) is 0 Å². The van der Waals surface area contributed by atoms with Crippen LogP contribution in [0.15, 0.2) is 12.1 Å². The van der Waals surface area contributed by atoms with E-state index in [0.29, 0.717) is 0 Å². The number of hydrogen-bond donors (Lipinski definition) is 0. The molecule has 0 spiro atoms. The number of hydrogen-bond acceptors (Lipinski definition) is 3. The van der Waals surface area contributed by atoms with Gasteiger partial charge < -0.3 is 4.90 Å². The molecule has 1 aromatic rings. The fourth-order valence-electron chi connectivity index (χ4n) is 1.75. The van der Waals surface area contributed by atoms with Crippen molar-refractivity contribution >= 4 is 5.82 Å². The van der Waals surface area contributed by atoms with Crippen molar-refractivity contribution in [3.63, 3.8) is 0 Å².